The molecule has 1 aliphatic carbocycles. The third kappa shape index (κ3) is 5.02. The topological polar surface area (TPSA) is 3.24 Å². The summed E-state index contributed by atoms with van der Waals surface area (Å²) in [5.41, 5.74) is -3.67. The van der Waals surface area contributed by atoms with Gasteiger partial charge in [-0.1, -0.05) is 165 Å². The number of hydrogen-bond donors (Lipinski definition) is 0. The van der Waals surface area contributed by atoms with Gasteiger partial charge in [-0.05, 0) is 97.1 Å². The van der Waals surface area contributed by atoms with Gasteiger partial charge in [-0.25, -0.2) is 0 Å². The van der Waals surface area contributed by atoms with Crippen molar-refractivity contribution in [3.05, 3.63) is 199 Å². The van der Waals surface area contributed by atoms with E-state index in [0.717, 1.165) is 41.3 Å². The van der Waals surface area contributed by atoms with E-state index < -0.39 is 125 Å². The highest BCUT2D eigenvalue weighted by molar-refractivity contribution is 6.10. The first-order valence-corrected chi connectivity index (χ1v) is 15.6. The molecule has 0 aliphatic heterocycles. The Labute approximate surface area is 325 Å². The second-order valence-electron chi connectivity index (χ2n) is 12.0. The van der Waals surface area contributed by atoms with Crippen LogP contribution in [0.15, 0.2) is 188 Å². The van der Waals surface area contributed by atoms with Crippen molar-refractivity contribution in [2.24, 2.45) is 0 Å². The Kier molecular flexibility index (Phi) is 3.55. The molecule has 50 heavy (non-hydrogen) atoms. The molecule has 0 saturated heterocycles. The van der Waals surface area contributed by atoms with Gasteiger partial charge in [0.05, 0.1) is 35.8 Å². The zero-order valence-electron chi connectivity index (χ0n) is 48.6. The lowest BCUT2D eigenvalue weighted by Gasteiger charge is -2.38. The van der Waals surface area contributed by atoms with Gasteiger partial charge in [0.2, 0.25) is 0 Å². The summed E-state index contributed by atoms with van der Waals surface area (Å²) < 4.78 is 197. The van der Waals surface area contributed by atoms with Crippen molar-refractivity contribution in [3.8, 4) is 44.5 Å². The van der Waals surface area contributed by atoms with Gasteiger partial charge in [0.1, 0.15) is 0 Å². The molecule has 1 aliphatic rings. The first-order chi connectivity index (χ1) is 33.6. The number of rotatable bonds is 6. The first kappa shape index (κ1) is 14.7. The fraction of sp³-hybridized carbons (Fsp3) is 0.0612. The van der Waals surface area contributed by atoms with Crippen molar-refractivity contribution < 1.29 is 30.2 Å². The highest BCUT2D eigenvalue weighted by Crippen LogP contribution is 2.54. The standard InChI is InChI=1S/C49H37N/c1-49(2)44-20-12-19-39-26-32-46(48(47(39)44)43-31-25-40(33-45(43)49)36-17-10-5-11-18-36)50(41-27-21-37(22-28-41)34-13-6-3-7-14-34)42-29-23-38(24-30-42)35-15-8-4-9-16-35/h3-33H,1-2H3/i3D,4D,5D,6D,8D,10D,12D,13D,14D,16D,17D,18D,19D,20D,21D,22D,23D,24D,27D,29D,32D,33D. The number of hydrogen-bond acceptors (Lipinski definition) is 1. The molecule has 0 spiro atoms. The highest BCUT2D eigenvalue weighted by atomic mass is 15.1. The van der Waals surface area contributed by atoms with Gasteiger partial charge in [-0.15, -0.1) is 0 Å². The lowest BCUT2D eigenvalue weighted by atomic mass is 9.67. The van der Waals surface area contributed by atoms with Crippen LogP contribution in [0.25, 0.3) is 55.3 Å². The third-order valence-corrected chi connectivity index (χ3v) is 8.74. The van der Waals surface area contributed by atoms with Crippen molar-refractivity contribution in [1.29, 1.82) is 0 Å². The monoisotopic (exact) mass is 661 g/mol. The van der Waals surface area contributed by atoms with Gasteiger partial charge in [-0.3, -0.25) is 0 Å². The van der Waals surface area contributed by atoms with Crippen LogP contribution >= 0.6 is 0 Å². The predicted octanol–water partition coefficient (Wildman–Crippen LogP) is 13.6. The summed E-state index contributed by atoms with van der Waals surface area (Å²) in [6.45, 7) is 3.33. The van der Waals surface area contributed by atoms with Gasteiger partial charge in [0.15, 0.2) is 0 Å². The molecule has 238 valence electrons. The Bertz CT molecular complexity index is 3770. The van der Waals surface area contributed by atoms with Gasteiger partial charge >= 0.3 is 0 Å². The summed E-state index contributed by atoms with van der Waals surface area (Å²) in [5, 5.41) is 0.121. The van der Waals surface area contributed by atoms with Crippen molar-refractivity contribution in [3.63, 3.8) is 0 Å². The second kappa shape index (κ2) is 12.1. The van der Waals surface area contributed by atoms with E-state index in [-0.39, 0.29) is 97.2 Å². The molecule has 1 nitrogen and oxygen atoms in total. The van der Waals surface area contributed by atoms with Crippen LogP contribution in [0.5, 0.6) is 0 Å². The lowest BCUT2D eigenvalue weighted by molar-refractivity contribution is 0.645. The molecule has 0 unspecified atom stereocenters. The van der Waals surface area contributed by atoms with Crippen LogP contribution in [-0.2, 0) is 5.41 Å². The van der Waals surface area contributed by atoms with Gasteiger partial charge in [0.25, 0.3) is 0 Å². The average Bonchev–Trinajstić information content (AvgIpc) is 3.30. The number of anilines is 3. The molecular weight excluding hydrogens is 603 g/mol. The van der Waals surface area contributed by atoms with E-state index >= 15 is 0 Å². The summed E-state index contributed by atoms with van der Waals surface area (Å²) in [4.78, 5) is 1.08. The van der Waals surface area contributed by atoms with Crippen LogP contribution < -0.4 is 4.90 Å². The SMILES string of the molecule is [2H]c1cc([2H])c(-c2c([2H])cc(N(c3cc([2H])c(-c4c([2H])cc([2H])c([2H])c4[2H])c([2H])c3[2H])c3c([2H])cc4c([2H])c([2H])c([2H])c5c4c3-c3ccc(-c4c([2H])cc([2H])c([2H])c4[2H])c([2H])c3C5(C)C)c([2H])c2[2H])cc1[2H]. The predicted molar refractivity (Wildman–Crippen MR) is 213 cm³/mol. The number of benzene rings is 8. The summed E-state index contributed by atoms with van der Waals surface area (Å²) in [7, 11) is 0. The molecule has 0 fully saturated rings. The molecule has 0 atom stereocenters. The molecule has 0 amide bonds. The second-order valence-corrected chi connectivity index (χ2v) is 12.0. The summed E-state index contributed by atoms with van der Waals surface area (Å²) in [6.07, 6.45) is 0. The van der Waals surface area contributed by atoms with Crippen LogP contribution in [-0.4, -0.2) is 0 Å². The van der Waals surface area contributed by atoms with Crippen LogP contribution in [0.2, 0.25) is 0 Å². The van der Waals surface area contributed by atoms with Gasteiger partial charge < -0.3 is 4.90 Å². The molecular formula is C49H37N. The quantitative estimate of drug-likeness (QED) is 0.171. The maximum Gasteiger partial charge on any atom is 0.0645 e. The summed E-state index contributed by atoms with van der Waals surface area (Å²) in [6, 6.07) is -0.711. The maximum absolute atomic E-state index is 9.86. The van der Waals surface area contributed by atoms with Crippen LogP contribution in [0.1, 0.15) is 55.1 Å². The molecule has 0 radical (unpaired) electrons. The first-order valence-electron chi connectivity index (χ1n) is 26.6. The molecule has 8 aromatic carbocycles. The summed E-state index contributed by atoms with van der Waals surface area (Å²) >= 11 is 0. The Hall–Kier alpha value is -6.18. The lowest BCUT2D eigenvalue weighted by Crippen LogP contribution is -2.24. The number of nitrogens with zero attached hydrogens (tertiary/aromatic N) is 1. The highest BCUT2D eigenvalue weighted by Gasteiger charge is 2.36. The van der Waals surface area contributed by atoms with Crippen LogP contribution in [0.4, 0.5) is 17.1 Å². The average molecular weight is 662 g/mol. The van der Waals surface area contributed by atoms with E-state index in [1.807, 2.05) is 0 Å². The van der Waals surface area contributed by atoms with Crippen molar-refractivity contribution in [1.82, 2.24) is 0 Å². The fourth-order valence-electron chi connectivity index (χ4n) is 6.36. The minimum absolute atomic E-state index is 0.00502. The Balaban J connectivity index is 1.47. The van der Waals surface area contributed by atoms with E-state index in [2.05, 4.69) is 0 Å². The largest absolute Gasteiger partial charge is 0.310 e. The minimum atomic E-state index is -1.42. The Morgan fingerprint density at radius 1 is 0.460 bits per heavy atom. The van der Waals surface area contributed by atoms with Crippen LogP contribution in [0, 0.1) is 0 Å². The molecule has 0 bridgehead atoms. The van der Waals surface area contributed by atoms with Crippen LogP contribution in [0.3, 0.4) is 0 Å². The van der Waals surface area contributed by atoms with Crippen molar-refractivity contribution in [2.45, 2.75) is 19.3 Å². The normalized spacial score (nSPS) is 18.9. The van der Waals surface area contributed by atoms with Gasteiger partial charge in [-0.2, -0.15) is 0 Å². The van der Waals surface area contributed by atoms with E-state index in [4.69, 9.17) is 17.8 Å². The number of fused-ring (bicyclic) bond motifs is 2. The maximum atomic E-state index is 9.86. The summed E-state index contributed by atoms with van der Waals surface area (Å²) in [5.74, 6) is 0. The molecule has 0 N–H and O–H groups in total. The van der Waals surface area contributed by atoms with Crippen molar-refractivity contribution >= 4 is 27.8 Å². The fourth-order valence-corrected chi connectivity index (χ4v) is 6.36. The molecule has 9 rings (SSSR count). The van der Waals surface area contributed by atoms with E-state index in [9.17, 15) is 12.3 Å². The third-order valence-electron chi connectivity index (χ3n) is 8.74. The molecule has 0 heterocycles. The Morgan fingerprint density at radius 2 is 1.10 bits per heavy atom. The molecule has 0 saturated carbocycles. The van der Waals surface area contributed by atoms with E-state index in [0.29, 0.717) is 0 Å². The Morgan fingerprint density at radius 3 is 1.84 bits per heavy atom. The molecule has 8 aromatic rings. The molecule has 0 aromatic heterocycles. The van der Waals surface area contributed by atoms with E-state index in [1.54, 1.807) is 13.8 Å². The van der Waals surface area contributed by atoms with Gasteiger partial charge in [0, 0.05) is 22.4 Å². The zero-order valence-corrected chi connectivity index (χ0v) is 26.6. The van der Waals surface area contributed by atoms with E-state index in [1.165, 1.54) is 18.2 Å². The smallest absolute Gasteiger partial charge is 0.0645 e. The molecule has 1 heteroatoms. The van der Waals surface area contributed by atoms with Crippen molar-refractivity contribution in [2.75, 3.05) is 4.90 Å². The minimum Gasteiger partial charge on any atom is -0.310 e. The zero-order chi connectivity index (χ0) is 52.8.